The summed E-state index contributed by atoms with van der Waals surface area (Å²) in [6.07, 6.45) is 0.960. The van der Waals surface area contributed by atoms with Crippen molar-refractivity contribution in [1.29, 1.82) is 0 Å². The van der Waals surface area contributed by atoms with E-state index in [0.717, 1.165) is 6.42 Å². The predicted octanol–water partition coefficient (Wildman–Crippen LogP) is 0.743. The monoisotopic (exact) mass is 188 g/mol. The summed E-state index contributed by atoms with van der Waals surface area (Å²) in [5, 5.41) is 0. The molecule has 13 heavy (non-hydrogen) atoms. The summed E-state index contributed by atoms with van der Waals surface area (Å²) in [5.41, 5.74) is 0. The van der Waals surface area contributed by atoms with E-state index in [1.807, 2.05) is 6.92 Å². The molecule has 1 saturated heterocycles. The molecular weight excluding hydrogens is 172 g/mol. The first kappa shape index (κ1) is 10.5. The van der Waals surface area contributed by atoms with E-state index in [2.05, 4.69) is 0 Å². The first-order valence-electron chi connectivity index (χ1n) is 4.58. The third-order valence-corrected chi connectivity index (χ3v) is 2.02. The third kappa shape index (κ3) is 2.97. The summed E-state index contributed by atoms with van der Waals surface area (Å²) >= 11 is 0. The van der Waals surface area contributed by atoms with Crippen LogP contribution in [0.2, 0.25) is 0 Å². The zero-order chi connectivity index (χ0) is 9.68. The van der Waals surface area contributed by atoms with E-state index in [4.69, 9.17) is 14.2 Å². The molecule has 1 rings (SSSR count). The molecule has 1 aliphatic rings. The lowest BCUT2D eigenvalue weighted by atomic mass is 10.2. The second-order valence-electron chi connectivity index (χ2n) is 3.09. The molecule has 2 unspecified atom stereocenters. The van der Waals surface area contributed by atoms with Gasteiger partial charge in [-0.1, -0.05) is 6.92 Å². The van der Waals surface area contributed by atoms with Gasteiger partial charge < -0.3 is 14.2 Å². The molecule has 4 nitrogen and oxygen atoms in total. The van der Waals surface area contributed by atoms with Gasteiger partial charge >= 0.3 is 5.97 Å². The van der Waals surface area contributed by atoms with E-state index in [1.54, 1.807) is 7.11 Å². The Balaban J connectivity index is 2.30. The number of carbonyl (C=O) groups excluding carboxylic acids is 1. The van der Waals surface area contributed by atoms with Crippen molar-refractivity contribution < 1.29 is 19.0 Å². The van der Waals surface area contributed by atoms with Gasteiger partial charge in [0.05, 0.1) is 13.2 Å². The molecule has 0 amide bonds. The molecule has 1 fully saturated rings. The average Bonchev–Trinajstić information content (AvgIpc) is 2.52. The quantitative estimate of drug-likeness (QED) is 0.610. The van der Waals surface area contributed by atoms with Crippen LogP contribution in [0.3, 0.4) is 0 Å². The number of rotatable bonds is 4. The minimum Gasteiger partial charge on any atom is -0.457 e. The Kier molecular flexibility index (Phi) is 4.18. The van der Waals surface area contributed by atoms with Crippen molar-refractivity contribution in [2.75, 3.05) is 20.3 Å². The van der Waals surface area contributed by atoms with Gasteiger partial charge in [0.15, 0.2) is 6.10 Å². The normalized spacial score (nSPS) is 27.5. The molecule has 0 N–H and O–H groups in total. The largest absolute Gasteiger partial charge is 0.457 e. The topological polar surface area (TPSA) is 44.8 Å². The number of methoxy groups -OCH3 is 1. The van der Waals surface area contributed by atoms with Gasteiger partial charge in [-0.3, -0.25) is 4.79 Å². The molecule has 0 saturated carbocycles. The maximum absolute atomic E-state index is 11.1. The Morgan fingerprint density at radius 1 is 1.46 bits per heavy atom. The Morgan fingerprint density at radius 2 is 2.15 bits per heavy atom. The fraction of sp³-hybridized carbons (Fsp3) is 0.889. The van der Waals surface area contributed by atoms with Crippen molar-refractivity contribution >= 4 is 5.97 Å². The summed E-state index contributed by atoms with van der Waals surface area (Å²) in [6, 6.07) is 0. The van der Waals surface area contributed by atoms with Crippen molar-refractivity contribution in [2.45, 2.75) is 32.0 Å². The number of hydrogen-bond donors (Lipinski definition) is 0. The van der Waals surface area contributed by atoms with Gasteiger partial charge in [-0.2, -0.15) is 0 Å². The SMILES string of the molecule is CCCC(=O)OC1COCC1OC. The maximum atomic E-state index is 11.1. The molecule has 1 heterocycles. The summed E-state index contributed by atoms with van der Waals surface area (Å²) in [7, 11) is 1.60. The molecule has 0 aliphatic carbocycles. The van der Waals surface area contributed by atoms with Crippen LogP contribution in [0.5, 0.6) is 0 Å². The molecule has 76 valence electrons. The Morgan fingerprint density at radius 3 is 2.77 bits per heavy atom. The van der Waals surface area contributed by atoms with Crippen LogP contribution in [0, 0.1) is 0 Å². The van der Waals surface area contributed by atoms with E-state index >= 15 is 0 Å². The van der Waals surface area contributed by atoms with Crippen LogP contribution in [0.25, 0.3) is 0 Å². The maximum Gasteiger partial charge on any atom is 0.306 e. The predicted molar refractivity (Wildman–Crippen MR) is 46.4 cm³/mol. The summed E-state index contributed by atoms with van der Waals surface area (Å²) in [5.74, 6) is -0.167. The van der Waals surface area contributed by atoms with Crippen LogP contribution < -0.4 is 0 Å². The average molecular weight is 188 g/mol. The first-order chi connectivity index (χ1) is 6.27. The number of carbonyl (C=O) groups is 1. The highest BCUT2D eigenvalue weighted by Crippen LogP contribution is 2.13. The highest BCUT2D eigenvalue weighted by atomic mass is 16.6. The number of hydrogen-bond acceptors (Lipinski definition) is 4. The highest BCUT2D eigenvalue weighted by Gasteiger charge is 2.31. The van der Waals surface area contributed by atoms with Crippen molar-refractivity contribution in [3.63, 3.8) is 0 Å². The van der Waals surface area contributed by atoms with Crippen molar-refractivity contribution in [1.82, 2.24) is 0 Å². The second kappa shape index (κ2) is 5.19. The third-order valence-electron chi connectivity index (χ3n) is 2.02. The Hall–Kier alpha value is -0.610. The summed E-state index contributed by atoms with van der Waals surface area (Å²) in [6.45, 7) is 2.91. The van der Waals surface area contributed by atoms with Crippen LogP contribution in [-0.4, -0.2) is 38.5 Å². The molecule has 0 spiro atoms. The van der Waals surface area contributed by atoms with Gasteiger partial charge in [-0.25, -0.2) is 0 Å². The minimum absolute atomic E-state index is 0.0965. The summed E-state index contributed by atoms with van der Waals surface area (Å²) < 4.78 is 15.4. The van der Waals surface area contributed by atoms with Gasteiger partial charge in [0, 0.05) is 13.5 Å². The van der Waals surface area contributed by atoms with Crippen molar-refractivity contribution in [3.05, 3.63) is 0 Å². The number of ether oxygens (including phenoxy) is 3. The lowest BCUT2D eigenvalue weighted by Gasteiger charge is -2.16. The molecule has 4 heteroatoms. The van der Waals surface area contributed by atoms with E-state index < -0.39 is 0 Å². The lowest BCUT2D eigenvalue weighted by Crippen LogP contribution is -2.31. The summed E-state index contributed by atoms with van der Waals surface area (Å²) in [4.78, 5) is 11.1. The fourth-order valence-corrected chi connectivity index (χ4v) is 1.28. The first-order valence-corrected chi connectivity index (χ1v) is 4.58. The molecule has 2 atom stereocenters. The van der Waals surface area contributed by atoms with Gasteiger partial charge in [0.2, 0.25) is 0 Å². The molecular formula is C9H16O4. The van der Waals surface area contributed by atoms with Crippen LogP contribution >= 0.6 is 0 Å². The molecule has 0 aromatic heterocycles. The van der Waals surface area contributed by atoms with Crippen LogP contribution in [0.1, 0.15) is 19.8 Å². The van der Waals surface area contributed by atoms with Crippen LogP contribution in [0.4, 0.5) is 0 Å². The Bertz CT molecular complexity index is 169. The molecule has 0 radical (unpaired) electrons. The zero-order valence-corrected chi connectivity index (χ0v) is 8.12. The van der Waals surface area contributed by atoms with Gasteiger partial charge in [0.25, 0.3) is 0 Å². The lowest BCUT2D eigenvalue weighted by molar-refractivity contribution is -0.153. The minimum atomic E-state index is -0.218. The van der Waals surface area contributed by atoms with Crippen molar-refractivity contribution in [2.24, 2.45) is 0 Å². The van der Waals surface area contributed by atoms with E-state index in [9.17, 15) is 4.79 Å². The van der Waals surface area contributed by atoms with Gasteiger partial charge in [-0.05, 0) is 6.42 Å². The van der Waals surface area contributed by atoms with Crippen LogP contribution in [0.15, 0.2) is 0 Å². The van der Waals surface area contributed by atoms with Gasteiger partial charge in [-0.15, -0.1) is 0 Å². The molecule has 0 aromatic carbocycles. The molecule has 0 aromatic rings. The van der Waals surface area contributed by atoms with E-state index in [0.29, 0.717) is 19.6 Å². The van der Waals surface area contributed by atoms with Gasteiger partial charge in [0.1, 0.15) is 6.10 Å². The second-order valence-corrected chi connectivity index (χ2v) is 3.09. The standard InChI is InChI=1S/C9H16O4/c1-3-4-9(10)13-8-6-12-5-7(8)11-2/h7-8H,3-6H2,1-2H3. The molecule has 1 aliphatic heterocycles. The highest BCUT2D eigenvalue weighted by molar-refractivity contribution is 5.69. The molecule has 0 bridgehead atoms. The van der Waals surface area contributed by atoms with Crippen molar-refractivity contribution in [3.8, 4) is 0 Å². The fourth-order valence-electron chi connectivity index (χ4n) is 1.28. The zero-order valence-electron chi connectivity index (χ0n) is 8.12. The van der Waals surface area contributed by atoms with E-state index in [1.165, 1.54) is 0 Å². The smallest absolute Gasteiger partial charge is 0.306 e. The number of esters is 1. The Labute approximate surface area is 78.2 Å². The van der Waals surface area contributed by atoms with E-state index in [-0.39, 0.29) is 18.2 Å². The van der Waals surface area contributed by atoms with Crippen LogP contribution in [-0.2, 0) is 19.0 Å².